The molecule has 1 N–H and O–H groups in total. The summed E-state index contributed by atoms with van der Waals surface area (Å²) in [6, 6.07) is 12.4. The molecule has 2 amide bonds. The molecule has 2 aromatic carbocycles. The largest absolute Gasteiger partial charge is 0.418 e. The highest BCUT2D eigenvalue weighted by Crippen LogP contribution is 2.42. The second-order valence-electron chi connectivity index (χ2n) is 8.58. The van der Waals surface area contributed by atoms with Crippen molar-refractivity contribution in [3.05, 3.63) is 65.4 Å². The van der Waals surface area contributed by atoms with Gasteiger partial charge >= 0.3 is 6.18 Å². The van der Waals surface area contributed by atoms with Crippen molar-refractivity contribution in [3.8, 4) is 6.07 Å². The van der Waals surface area contributed by atoms with Crippen molar-refractivity contribution < 1.29 is 22.8 Å². The first-order valence-electron chi connectivity index (χ1n) is 11.4. The number of nitriles is 1. The van der Waals surface area contributed by atoms with Gasteiger partial charge in [-0.2, -0.15) is 18.4 Å². The summed E-state index contributed by atoms with van der Waals surface area (Å²) in [5.74, 6) is -0.148. The molecule has 0 unspecified atom stereocenters. The first-order valence-corrected chi connectivity index (χ1v) is 11.4. The van der Waals surface area contributed by atoms with Crippen molar-refractivity contribution >= 4 is 34.6 Å². The normalized spacial score (nSPS) is 14.4. The van der Waals surface area contributed by atoms with Crippen LogP contribution >= 0.6 is 0 Å². The first kappa shape index (κ1) is 25.0. The van der Waals surface area contributed by atoms with E-state index in [1.807, 2.05) is 12.1 Å². The van der Waals surface area contributed by atoms with E-state index in [1.54, 1.807) is 23.2 Å². The molecule has 4 rings (SSSR count). The van der Waals surface area contributed by atoms with E-state index in [9.17, 15) is 28.0 Å². The van der Waals surface area contributed by atoms with Gasteiger partial charge in [0.2, 0.25) is 12.3 Å². The van der Waals surface area contributed by atoms with Gasteiger partial charge in [0.1, 0.15) is 6.07 Å². The number of anilines is 2. The highest BCUT2D eigenvalue weighted by molar-refractivity contribution is 5.88. The van der Waals surface area contributed by atoms with Gasteiger partial charge in [-0.3, -0.25) is 14.6 Å². The van der Waals surface area contributed by atoms with Gasteiger partial charge in [0.15, 0.2) is 0 Å². The number of para-hydroxylation sites is 1. The SMILES string of the molecule is CNc1cccc(C(F)(F)F)c1N(C=O)C1CCN(C(=O)Cc2cc(C#N)c3ncccc3c2)CC1. The summed E-state index contributed by atoms with van der Waals surface area (Å²) in [7, 11) is 1.50. The van der Waals surface area contributed by atoms with Gasteiger partial charge in [-0.15, -0.1) is 0 Å². The topological polar surface area (TPSA) is 89.3 Å². The van der Waals surface area contributed by atoms with Gasteiger partial charge in [0.05, 0.1) is 34.4 Å². The Kier molecular flexibility index (Phi) is 7.10. The molecule has 0 atom stereocenters. The van der Waals surface area contributed by atoms with E-state index >= 15 is 0 Å². The Hall–Kier alpha value is -4.13. The lowest BCUT2D eigenvalue weighted by atomic mass is 9.99. The van der Waals surface area contributed by atoms with Crippen LogP contribution in [0.4, 0.5) is 24.5 Å². The molecule has 0 radical (unpaired) electrons. The molecule has 186 valence electrons. The lowest BCUT2D eigenvalue weighted by Gasteiger charge is -2.38. The summed E-state index contributed by atoms with van der Waals surface area (Å²) in [4.78, 5) is 32.0. The fraction of sp³-hybridized carbons (Fsp3) is 0.308. The molecule has 1 aliphatic rings. The number of nitrogens with zero attached hydrogens (tertiary/aromatic N) is 4. The highest BCUT2D eigenvalue weighted by atomic mass is 19.4. The number of alkyl halides is 3. The molecule has 1 saturated heterocycles. The molecule has 0 saturated carbocycles. The van der Waals surface area contributed by atoms with Crippen molar-refractivity contribution in [2.24, 2.45) is 0 Å². The smallest absolute Gasteiger partial charge is 0.386 e. The van der Waals surface area contributed by atoms with Crippen LogP contribution in [0.1, 0.15) is 29.5 Å². The van der Waals surface area contributed by atoms with Crippen LogP contribution < -0.4 is 10.2 Å². The van der Waals surface area contributed by atoms with E-state index in [-0.39, 0.29) is 23.7 Å². The molecule has 0 aliphatic carbocycles. The standard InChI is InChI=1S/C26H24F3N5O2/c1-31-22-6-2-5-21(26(27,28)29)25(22)34(16-35)20-7-10-33(11-8-20)23(36)14-17-12-18-4-3-9-32-24(18)19(13-17)15-30/h2-6,9,12-13,16,20,31H,7-8,10-11,14H2,1H3. The minimum absolute atomic E-state index is 0.0857. The Morgan fingerprint density at radius 3 is 2.64 bits per heavy atom. The highest BCUT2D eigenvalue weighted by Gasteiger charge is 2.38. The average Bonchev–Trinajstić information content (AvgIpc) is 2.88. The Morgan fingerprint density at radius 2 is 2.00 bits per heavy atom. The van der Waals surface area contributed by atoms with Gasteiger partial charge in [-0.1, -0.05) is 12.1 Å². The van der Waals surface area contributed by atoms with Gasteiger partial charge < -0.3 is 15.1 Å². The predicted molar refractivity (Wildman–Crippen MR) is 129 cm³/mol. The minimum atomic E-state index is -4.63. The molecule has 7 nitrogen and oxygen atoms in total. The van der Waals surface area contributed by atoms with Crippen molar-refractivity contribution in [2.45, 2.75) is 31.5 Å². The van der Waals surface area contributed by atoms with E-state index in [2.05, 4.69) is 16.4 Å². The Bertz CT molecular complexity index is 1330. The number of hydrogen-bond acceptors (Lipinski definition) is 5. The number of piperidine rings is 1. The van der Waals surface area contributed by atoms with Crippen LogP contribution in [-0.2, 0) is 22.2 Å². The van der Waals surface area contributed by atoms with E-state index in [4.69, 9.17) is 0 Å². The number of fused-ring (bicyclic) bond motifs is 1. The fourth-order valence-corrected chi connectivity index (χ4v) is 4.70. The van der Waals surface area contributed by atoms with Crippen LogP contribution in [-0.4, -0.2) is 48.4 Å². The van der Waals surface area contributed by atoms with Crippen LogP contribution in [0.15, 0.2) is 48.7 Å². The summed E-state index contributed by atoms with van der Waals surface area (Å²) in [5, 5.41) is 13.0. The number of carbonyl (C=O) groups excluding carboxylic acids is 2. The Balaban J connectivity index is 1.49. The zero-order valence-electron chi connectivity index (χ0n) is 19.5. The van der Waals surface area contributed by atoms with E-state index in [0.717, 1.165) is 16.4 Å². The fourth-order valence-electron chi connectivity index (χ4n) is 4.70. The van der Waals surface area contributed by atoms with Crippen LogP contribution in [0, 0.1) is 11.3 Å². The third-order valence-electron chi connectivity index (χ3n) is 6.43. The molecule has 2 heterocycles. The summed E-state index contributed by atoms with van der Waals surface area (Å²) in [6.07, 6.45) is -1.83. The van der Waals surface area contributed by atoms with Crippen molar-refractivity contribution in [2.75, 3.05) is 30.4 Å². The monoisotopic (exact) mass is 495 g/mol. The van der Waals surface area contributed by atoms with E-state index < -0.39 is 17.8 Å². The molecule has 1 fully saturated rings. The number of benzene rings is 2. The molecular weight excluding hydrogens is 471 g/mol. The van der Waals surface area contributed by atoms with Gasteiger partial charge in [-0.05, 0) is 48.7 Å². The quantitative estimate of drug-likeness (QED) is 0.514. The third kappa shape index (κ3) is 4.96. The number of pyridine rings is 1. The first-order chi connectivity index (χ1) is 17.3. The molecular formula is C26H24F3N5O2. The minimum Gasteiger partial charge on any atom is -0.386 e. The number of nitrogens with one attached hydrogen (secondary N) is 1. The number of halogens is 3. The Morgan fingerprint density at radius 1 is 1.25 bits per heavy atom. The lowest BCUT2D eigenvalue weighted by Crippen LogP contribution is -2.47. The van der Waals surface area contributed by atoms with Crippen LogP contribution in [0.3, 0.4) is 0 Å². The lowest BCUT2D eigenvalue weighted by molar-refractivity contribution is -0.137. The summed E-state index contributed by atoms with van der Waals surface area (Å²) < 4.78 is 41.1. The van der Waals surface area contributed by atoms with Crippen molar-refractivity contribution in [1.82, 2.24) is 9.88 Å². The van der Waals surface area contributed by atoms with Gasteiger partial charge in [0.25, 0.3) is 0 Å². The average molecular weight is 496 g/mol. The molecule has 1 aliphatic heterocycles. The predicted octanol–water partition coefficient (Wildman–Crippen LogP) is 4.36. The van der Waals surface area contributed by atoms with Crippen molar-refractivity contribution in [1.29, 1.82) is 5.26 Å². The zero-order valence-corrected chi connectivity index (χ0v) is 19.5. The van der Waals surface area contributed by atoms with Crippen molar-refractivity contribution in [3.63, 3.8) is 0 Å². The van der Waals surface area contributed by atoms with Gasteiger partial charge in [0, 0.05) is 37.8 Å². The van der Waals surface area contributed by atoms with E-state index in [1.165, 1.54) is 19.2 Å². The van der Waals surface area contributed by atoms with Crippen LogP contribution in [0.2, 0.25) is 0 Å². The van der Waals surface area contributed by atoms with Gasteiger partial charge in [-0.25, -0.2) is 0 Å². The van der Waals surface area contributed by atoms with E-state index in [0.29, 0.717) is 49.0 Å². The number of carbonyl (C=O) groups is 2. The molecule has 0 spiro atoms. The number of rotatable bonds is 6. The van der Waals surface area contributed by atoms with Crippen LogP contribution in [0.5, 0.6) is 0 Å². The number of aromatic nitrogens is 1. The maximum Gasteiger partial charge on any atom is 0.418 e. The van der Waals surface area contributed by atoms with Crippen LogP contribution in [0.25, 0.3) is 10.9 Å². The number of likely N-dealkylation sites (tertiary alicyclic amines) is 1. The maximum atomic E-state index is 13.7. The molecule has 10 heteroatoms. The molecule has 1 aromatic heterocycles. The molecule has 3 aromatic rings. The number of hydrogen-bond donors (Lipinski definition) is 1. The number of amides is 2. The zero-order chi connectivity index (χ0) is 25.9. The Labute approximate surface area is 206 Å². The summed E-state index contributed by atoms with van der Waals surface area (Å²) in [6.45, 7) is 0.605. The third-order valence-corrected chi connectivity index (χ3v) is 6.43. The summed E-state index contributed by atoms with van der Waals surface area (Å²) >= 11 is 0. The second kappa shape index (κ2) is 10.2. The molecule has 0 bridgehead atoms. The molecule has 36 heavy (non-hydrogen) atoms. The second-order valence-corrected chi connectivity index (χ2v) is 8.58. The summed E-state index contributed by atoms with van der Waals surface area (Å²) in [5.41, 5.74) is 0.757. The maximum absolute atomic E-state index is 13.7.